The third-order valence-corrected chi connectivity index (χ3v) is 8.46. The van der Waals surface area contributed by atoms with Crippen LogP contribution in [0.5, 0.6) is 0 Å². The Morgan fingerprint density at radius 1 is 1.03 bits per heavy atom. The second-order valence-electron chi connectivity index (χ2n) is 7.23. The lowest BCUT2D eigenvalue weighted by Crippen LogP contribution is -2.62. The molecule has 0 aliphatic carbocycles. The minimum atomic E-state index is -10.0. The van der Waals surface area contributed by atoms with Crippen LogP contribution in [0.4, 0.5) is 28.2 Å². The van der Waals surface area contributed by atoms with E-state index < -0.39 is 64.7 Å². The molecule has 0 amide bonds. The molecule has 0 saturated carbocycles. The summed E-state index contributed by atoms with van der Waals surface area (Å²) in [5.74, 6) is -2.68. The zero-order valence-corrected chi connectivity index (χ0v) is 17.5. The first-order valence-corrected chi connectivity index (χ1v) is 11.9. The molecular weight excluding hydrogens is 475 g/mol. The molecule has 5 nitrogen and oxygen atoms in total. The van der Waals surface area contributed by atoms with E-state index in [0.29, 0.717) is 22.5 Å². The van der Waals surface area contributed by atoms with Crippen LogP contribution in [0.1, 0.15) is 23.3 Å². The van der Waals surface area contributed by atoms with Gasteiger partial charge >= 0.3 is 10.2 Å². The van der Waals surface area contributed by atoms with Crippen LogP contribution < -0.4 is 5.32 Å². The number of benzene rings is 2. The van der Waals surface area contributed by atoms with Crippen molar-refractivity contribution in [2.45, 2.75) is 22.6 Å². The highest BCUT2D eigenvalue weighted by Crippen LogP contribution is 3.02. The minimum absolute atomic E-state index is 0.0364. The van der Waals surface area contributed by atoms with Gasteiger partial charge in [-0.25, -0.2) is 21.5 Å². The van der Waals surface area contributed by atoms with Crippen molar-refractivity contribution in [3.8, 4) is 0 Å². The number of sulfonamides is 1. The van der Waals surface area contributed by atoms with Gasteiger partial charge in [0.1, 0.15) is 21.8 Å². The quantitative estimate of drug-likeness (QED) is 0.567. The Kier molecular flexibility index (Phi) is 4.53. The molecule has 1 aliphatic rings. The largest absolute Gasteiger partial charge is 0.345 e. The van der Waals surface area contributed by atoms with Crippen molar-refractivity contribution in [3.05, 3.63) is 65.2 Å². The van der Waals surface area contributed by atoms with Crippen LogP contribution >= 0.6 is 10.2 Å². The number of nitrogens with zero attached hydrogens (tertiary/aromatic N) is 1. The van der Waals surface area contributed by atoms with Gasteiger partial charge in [-0.05, 0) is 42.8 Å². The van der Waals surface area contributed by atoms with E-state index >= 15 is 0 Å². The first-order chi connectivity index (χ1) is 13.8. The zero-order chi connectivity index (χ0) is 23.7. The predicted molar refractivity (Wildman–Crippen MR) is 102 cm³/mol. The van der Waals surface area contributed by atoms with E-state index in [1.165, 1.54) is 0 Å². The Balaban J connectivity index is 2.28. The average Bonchev–Trinajstić information content (AvgIpc) is 2.60. The molecular formula is C17H16F7N3O2S2. The van der Waals surface area contributed by atoms with E-state index in [1.54, 1.807) is 0 Å². The van der Waals surface area contributed by atoms with Gasteiger partial charge in [-0.2, -0.15) is 0 Å². The van der Waals surface area contributed by atoms with Gasteiger partial charge < -0.3 is 5.32 Å². The first kappa shape index (κ1) is 23.2. The summed E-state index contributed by atoms with van der Waals surface area (Å²) < 4.78 is 120. The van der Waals surface area contributed by atoms with E-state index in [1.807, 2.05) is 0 Å². The molecule has 0 radical (unpaired) electrons. The van der Waals surface area contributed by atoms with Gasteiger partial charge in [0.25, 0.3) is 0 Å². The minimum Gasteiger partial charge on any atom is -0.345 e. The second-order valence-corrected chi connectivity index (χ2v) is 11.7. The normalized spacial score (nSPS) is 26.0. The summed E-state index contributed by atoms with van der Waals surface area (Å²) >= 11 is 0. The number of guanidine groups is 1. The average molecular weight is 491 g/mol. The van der Waals surface area contributed by atoms with E-state index in [0.717, 1.165) is 26.1 Å². The van der Waals surface area contributed by atoms with E-state index in [4.69, 9.17) is 5.41 Å². The highest BCUT2D eigenvalue weighted by atomic mass is 32.5. The van der Waals surface area contributed by atoms with Gasteiger partial charge in [0.2, 0.25) is 16.0 Å². The summed E-state index contributed by atoms with van der Waals surface area (Å²) in [5, 5.41) is 8.44. The van der Waals surface area contributed by atoms with Crippen LogP contribution in [-0.4, -0.2) is 25.7 Å². The number of rotatable bonds is 3. The molecule has 172 valence electrons. The molecule has 1 heterocycles. The summed E-state index contributed by atoms with van der Waals surface area (Å²) in [6.45, 7) is 1.12. The fraction of sp³-hybridized carbons (Fsp3) is 0.235. The first-order valence-electron chi connectivity index (χ1n) is 8.41. The zero-order valence-electron chi connectivity index (χ0n) is 15.8. The van der Waals surface area contributed by atoms with Gasteiger partial charge in [0, 0.05) is 12.6 Å². The van der Waals surface area contributed by atoms with E-state index in [-0.39, 0.29) is 12.1 Å². The molecule has 1 aliphatic heterocycles. The van der Waals surface area contributed by atoms with Crippen molar-refractivity contribution in [3.63, 3.8) is 0 Å². The number of hydrogen-bond acceptors (Lipinski definition) is 3. The Morgan fingerprint density at radius 2 is 1.58 bits per heavy atom. The molecule has 2 aromatic carbocycles. The third kappa shape index (κ3) is 3.93. The third-order valence-electron chi connectivity index (χ3n) is 5.01. The molecule has 31 heavy (non-hydrogen) atoms. The fourth-order valence-electron chi connectivity index (χ4n) is 3.48. The van der Waals surface area contributed by atoms with Crippen LogP contribution in [0.15, 0.2) is 47.4 Å². The van der Waals surface area contributed by atoms with Gasteiger partial charge in [-0.3, -0.25) is 5.41 Å². The second kappa shape index (κ2) is 6.06. The number of hydrogen-bond donors (Lipinski definition) is 2. The van der Waals surface area contributed by atoms with Crippen LogP contribution in [0.25, 0.3) is 0 Å². The van der Waals surface area contributed by atoms with Crippen LogP contribution in [0, 0.1) is 17.0 Å². The predicted octanol–water partition coefficient (Wildman–Crippen LogP) is 5.38. The Bertz CT molecular complexity index is 1190. The summed E-state index contributed by atoms with van der Waals surface area (Å²) in [6.07, 6.45) is 0. The smallest absolute Gasteiger partial charge is 0.310 e. The van der Waals surface area contributed by atoms with Crippen molar-refractivity contribution in [1.82, 2.24) is 9.62 Å². The van der Waals surface area contributed by atoms with Crippen LogP contribution in [0.3, 0.4) is 0 Å². The summed E-state index contributed by atoms with van der Waals surface area (Å²) in [7, 11) is -13.6. The maximum absolute atomic E-state index is 14.6. The Morgan fingerprint density at radius 3 is 2.10 bits per heavy atom. The molecule has 1 fully saturated rings. The summed E-state index contributed by atoms with van der Waals surface area (Å²) in [4.78, 5) is -2.23. The molecule has 2 aromatic rings. The topological polar surface area (TPSA) is 73.3 Å². The van der Waals surface area contributed by atoms with Crippen molar-refractivity contribution in [1.29, 1.82) is 5.41 Å². The monoisotopic (exact) mass is 491 g/mol. The molecule has 2 N–H and O–H groups in total. The Labute approximate surface area is 173 Å². The van der Waals surface area contributed by atoms with Crippen molar-refractivity contribution < 1.29 is 36.6 Å². The van der Waals surface area contributed by atoms with Crippen LogP contribution in [0.2, 0.25) is 0 Å². The molecule has 0 unspecified atom stereocenters. The van der Waals surface area contributed by atoms with Crippen LogP contribution in [-0.2, 0) is 15.6 Å². The highest BCUT2D eigenvalue weighted by molar-refractivity contribution is 8.45. The van der Waals surface area contributed by atoms with Gasteiger partial charge in [-0.1, -0.05) is 31.6 Å². The maximum atomic E-state index is 14.6. The SMILES string of the molecule is CN1C(=N)N[C@](C)(c2cc(F)ccc2F)[C@@H](c2ccc(S(F)(F)(F)(F)F)cc2)S1(=O)=O. The fourth-order valence-corrected chi connectivity index (χ4v) is 6.03. The summed E-state index contributed by atoms with van der Waals surface area (Å²) in [5.41, 5.74) is -2.98. The highest BCUT2D eigenvalue weighted by Gasteiger charge is 2.65. The molecule has 0 spiro atoms. The molecule has 3 rings (SSSR count). The lowest BCUT2D eigenvalue weighted by atomic mass is 9.84. The molecule has 14 heteroatoms. The lowest BCUT2D eigenvalue weighted by Gasteiger charge is -2.46. The molecule has 1 saturated heterocycles. The lowest BCUT2D eigenvalue weighted by molar-refractivity contribution is 0.343. The van der Waals surface area contributed by atoms with Gasteiger partial charge in [0.15, 0.2) is 0 Å². The van der Waals surface area contributed by atoms with E-state index in [2.05, 4.69) is 5.32 Å². The summed E-state index contributed by atoms with van der Waals surface area (Å²) in [6, 6.07) is 3.33. The Hall–Kier alpha value is -2.48. The maximum Gasteiger partial charge on any atom is 0.310 e. The van der Waals surface area contributed by atoms with Gasteiger partial charge in [0.05, 0.1) is 5.54 Å². The molecule has 2 atom stereocenters. The van der Waals surface area contributed by atoms with Crippen molar-refractivity contribution in [2.75, 3.05) is 7.05 Å². The number of nitrogens with one attached hydrogen (secondary N) is 2. The van der Waals surface area contributed by atoms with E-state index in [9.17, 15) is 36.6 Å². The number of halogens is 7. The van der Waals surface area contributed by atoms with Crippen molar-refractivity contribution in [2.24, 2.45) is 0 Å². The molecule has 0 aromatic heterocycles. The molecule has 0 bridgehead atoms. The van der Waals surface area contributed by atoms with Gasteiger partial charge in [-0.15, -0.1) is 0 Å². The van der Waals surface area contributed by atoms with Crippen molar-refractivity contribution >= 4 is 26.2 Å². The standard InChI is InChI=1S/C17H16F7N3O2S2/c1-17(13-9-11(18)5-8-14(13)19)15(30(28,29)27(2)16(25)26-17)10-3-6-12(7-4-10)31(20,21,22,23)24/h3-9,15H,1-2H3,(H2,25,26)/t15-,17-/m1/s1.